The molecule has 0 aromatic heterocycles. The molecule has 0 spiro atoms. The van der Waals surface area contributed by atoms with Crippen molar-refractivity contribution < 1.29 is 9.84 Å². The van der Waals surface area contributed by atoms with Crippen LogP contribution in [-0.4, -0.2) is 49.0 Å². The lowest BCUT2D eigenvalue weighted by molar-refractivity contribution is 0.0394. The van der Waals surface area contributed by atoms with Crippen LogP contribution in [0.1, 0.15) is 20.3 Å². The van der Waals surface area contributed by atoms with Gasteiger partial charge in [0.15, 0.2) is 0 Å². The molecule has 13 heavy (non-hydrogen) atoms. The van der Waals surface area contributed by atoms with Crippen LogP contribution in [0.25, 0.3) is 0 Å². The Labute approximate surface area is 80.7 Å². The van der Waals surface area contributed by atoms with E-state index in [0.29, 0.717) is 5.92 Å². The SMILES string of the molecule is CN(CC1CCOC1)CC(C)(C)O. The molecule has 1 aliphatic heterocycles. The van der Waals surface area contributed by atoms with Crippen LogP contribution in [0.3, 0.4) is 0 Å². The lowest BCUT2D eigenvalue weighted by Crippen LogP contribution is -2.38. The highest BCUT2D eigenvalue weighted by atomic mass is 16.5. The van der Waals surface area contributed by atoms with E-state index in [-0.39, 0.29) is 0 Å². The van der Waals surface area contributed by atoms with E-state index in [2.05, 4.69) is 11.9 Å². The molecule has 1 saturated heterocycles. The number of rotatable bonds is 4. The fraction of sp³-hybridized carbons (Fsp3) is 1.00. The van der Waals surface area contributed by atoms with Gasteiger partial charge in [0.05, 0.1) is 12.2 Å². The maximum absolute atomic E-state index is 9.59. The highest BCUT2D eigenvalue weighted by molar-refractivity contribution is 4.73. The van der Waals surface area contributed by atoms with Crippen LogP contribution in [0.5, 0.6) is 0 Å². The average molecular weight is 187 g/mol. The summed E-state index contributed by atoms with van der Waals surface area (Å²) in [5.41, 5.74) is -0.589. The molecule has 0 aliphatic carbocycles. The Balaban J connectivity index is 2.20. The topological polar surface area (TPSA) is 32.7 Å². The highest BCUT2D eigenvalue weighted by Crippen LogP contribution is 2.14. The van der Waals surface area contributed by atoms with Gasteiger partial charge in [-0.25, -0.2) is 0 Å². The van der Waals surface area contributed by atoms with Crippen LogP contribution in [0.4, 0.5) is 0 Å². The van der Waals surface area contributed by atoms with E-state index in [0.717, 1.165) is 32.7 Å². The molecule has 0 saturated carbocycles. The summed E-state index contributed by atoms with van der Waals surface area (Å²) in [7, 11) is 2.05. The Bertz CT molecular complexity index is 147. The van der Waals surface area contributed by atoms with E-state index in [4.69, 9.17) is 4.74 Å². The Hall–Kier alpha value is -0.120. The molecule has 78 valence electrons. The van der Waals surface area contributed by atoms with Crippen molar-refractivity contribution >= 4 is 0 Å². The summed E-state index contributed by atoms with van der Waals surface area (Å²) in [5.74, 6) is 0.660. The largest absolute Gasteiger partial charge is 0.389 e. The third kappa shape index (κ3) is 4.60. The number of nitrogens with zero attached hydrogens (tertiary/aromatic N) is 1. The minimum Gasteiger partial charge on any atom is -0.389 e. The van der Waals surface area contributed by atoms with Crippen molar-refractivity contribution in [3.8, 4) is 0 Å². The van der Waals surface area contributed by atoms with Gasteiger partial charge in [0.25, 0.3) is 0 Å². The zero-order chi connectivity index (χ0) is 9.90. The summed E-state index contributed by atoms with van der Waals surface area (Å²) < 4.78 is 5.30. The monoisotopic (exact) mass is 187 g/mol. The van der Waals surface area contributed by atoms with Gasteiger partial charge in [0.1, 0.15) is 0 Å². The minimum atomic E-state index is -0.589. The first-order chi connectivity index (χ1) is 5.97. The van der Waals surface area contributed by atoms with Crippen molar-refractivity contribution in [3.05, 3.63) is 0 Å². The smallest absolute Gasteiger partial charge is 0.0718 e. The molecule has 1 N–H and O–H groups in total. The number of likely N-dealkylation sites (N-methyl/N-ethyl adjacent to an activating group) is 1. The van der Waals surface area contributed by atoms with Gasteiger partial charge in [-0.3, -0.25) is 0 Å². The molecule has 0 bridgehead atoms. The fourth-order valence-electron chi connectivity index (χ4n) is 1.89. The molecule has 1 atom stereocenters. The quantitative estimate of drug-likeness (QED) is 0.704. The predicted octanol–water partition coefficient (Wildman–Crippen LogP) is 0.726. The Kier molecular flexibility index (Phi) is 3.71. The molecule has 0 radical (unpaired) electrons. The molecule has 1 heterocycles. The number of ether oxygens (including phenoxy) is 1. The Morgan fingerprint density at radius 1 is 1.54 bits per heavy atom. The van der Waals surface area contributed by atoms with E-state index < -0.39 is 5.60 Å². The average Bonchev–Trinajstić information content (AvgIpc) is 2.34. The van der Waals surface area contributed by atoms with Gasteiger partial charge < -0.3 is 14.7 Å². The highest BCUT2D eigenvalue weighted by Gasteiger charge is 2.21. The zero-order valence-corrected chi connectivity index (χ0v) is 8.92. The van der Waals surface area contributed by atoms with Crippen molar-refractivity contribution in [2.45, 2.75) is 25.9 Å². The van der Waals surface area contributed by atoms with Crippen LogP contribution < -0.4 is 0 Å². The molecular weight excluding hydrogens is 166 g/mol. The van der Waals surface area contributed by atoms with Gasteiger partial charge in [0.2, 0.25) is 0 Å². The summed E-state index contributed by atoms with van der Waals surface area (Å²) in [6.45, 7) is 7.23. The second-order valence-electron chi connectivity index (χ2n) is 4.74. The molecule has 3 nitrogen and oxygen atoms in total. The maximum Gasteiger partial charge on any atom is 0.0718 e. The third-order valence-corrected chi connectivity index (χ3v) is 2.25. The number of aliphatic hydroxyl groups is 1. The second kappa shape index (κ2) is 4.40. The normalized spacial score (nSPS) is 24.2. The molecule has 1 fully saturated rings. The molecular formula is C10H21NO2. The van der Waals surface area contributed by atoms with Gasteiger partial charge in [-0.1, -0.05) is 0 Å². The first-order valence-electron chi connectivity index (χ1n) is 4.96. The summed E-state index contributed by atoms with van der Waals surface area (Å²) in [6.07, 6.45) is 1.16. The Morgan fingerprint density at radius 3 is 2.69 bits per heavy atom. The number of hydrogen-bond donors (Lipinski definition) is 1. The van der Waals surface area contributed by atoms with Gasteiger partial charge in [-0.2, -0.15) is 0 Å². The van der Waals surface area contributed by atoms with Crippen LogP contribution in [0.15, 0.2) is 0 Å². The maximum atomic E-state index is 9.59. The lowest BCUT2D eigenvalue weighted by Gasteiger charge is -2.27. The van der Waals surface area contributed by atoms with Crippen molar-refractivity contribution in [3.63, 3.8) is 0 Å². The van der Waals surface area contributed by atoms with Crippen molar-refractivity contribution in [2.24, 2.45) is 5.92 Å². The fourth-order valence-corrected chi connectivity index (χ4v) is 1.89. The summed E-state index contributed by atoms with van der Waals surface area (Å²) in [5, 5.41) is 9.59. The van der Waals surface area contributed by atoms with E-state index in [1.54, 1.807) is 0 Å². The van der Waals surface area contributed by atoms with E-state index >= 15 is 0 Å². The third-order valence-electron chi connectivity index (χ3n) is 2.25. The van der Waals surface area contributed by atoms with Gasteiger partial charge in [-0.05, 0) is 33.2 Å². The zero-order valence-electron chi connectivity index (χ0n) is 8.92. The molecule has 0 amide bonds. The van der Waals surface area contributed by atoms with E-state index in [1.165, 1.54) is 0 Å². The molecule has 1 rings (SSSR count). The molecule has 1 aliphatic rings. The number of hydrogen-bond acceptors (Lipinski definition) is 3. The van der Waals surface area contributed by atoms with E-state index in [1.807, 2.05) is 13.8 Å². The summed E-state index contributed by atoms with van der Waals surface area (Å²) in [6, 6.07) is 0. The van der Waals surface area contributed by atoms with Gasteiger partial charge >= 0.3 is 0 Å². The first-order valence-corrected chi connectivity index (χ1v) is 4.96. The molecule has 0 aromatic carbocycles. The molecule has 0 aromatic rings. The lowest BCUT2D eigenvalue weighted by atomic mass is 10.1. The van der Waals surface area contributed by atoms with Crippen molar-refractivity contribution in [1.29, 1.82) is 0 Å². The molecule has 3 heteroatoms. The summed E-state index contributed by atoms with van der Waals surface area (Å²) >= 11 is 0. The molecule has 1 unspecified atom stereocenters. The van der Waals surface area contributed by atoms with Gasteiger partial charge in [0, 0.05) is 19.7 Å². The standard InChI is InChI=1S/C10H21NO2/c1-10(2,12)8-11(3)6-9-4-5-13-7-9/h9,12H,4-8H2,1-3H3. The Morgan fingerprint density at radius 2 is 2.23 bits per heavy atom. The summed E-state index contributed by atoms with van der Waals surface area (Å²) in [4.78, 5) is 2.18. The minimum absolute atomic E-state index is 0.589. The van der Waals surface area contributed by atoms with Crippen LogP contribution >= 0.6 is 0 Å². The van der Waals surface area contributed by atoms with E-state index in [9.17, 15) is 5.11 Å². The van der Waals surface area contributed by atoms with Gasteiger partial charge in [-0.15, -0.1) is 0 Å². The van der Waals surface area contributed by atoms with Crippen molar-refractivity contribution in [2.75, 3.05) is 33.4 Å². The first kappa shape index (κ1) is 11.0. The van der Waals surface area contributed by atoms with Crippen molar-refractivity contribution in [1.82, 2.24) is 4.90 Å². The second-order valence-corrected chi connectivity index (χ2v) is 4.74. The van der Waals surface area contributed by atoms with Crippen LogP contribution in [-0.2, 0) is 4.74 Å². The van der Waals surface area contributed by atoms with Crippen LogP contribution in [0.2, 0.25) is 0 Å². The predicted molar refractivity (Wildman–Crippen MR) is 52.7 cm³/mol. The van der Waals surface area contributed by atoms with Crippen LogP contribution in [0, 0.1) is 5.92 Å².